The molecule has 3 aromatic rings. The molecular weight excluding hydrogens is 426 g/mol. The van der Waals surface area contributed by atoms with Crippen LogP contribution in [0.5, 0.6) is 0 Å². The molecule has 0 atom stereocenters. The van der Waals surface area contributed by atoms with Crippen molar-refractivity contribution in [3.8, 4) is 17.5 Å². The van der Waals surface area contributed by atoms with Gasteiger partial charge in [-0.3, -0.25) is 9.78 Å². The predicted octanol–water partition coefficient (Wildman–Crippen LogP) is 4.02. The summed E-state index contributed by atoms with van der Waals surface area (Å²) in [7, 11) is 0. The zero-order valence-electron chi connectivity index (χ0n) is 19.7. The van der Waals surface area contributed by atoms with E-state index in [1.54, 1.807) is 23.5 Å². The van der Waals surface area contributed by atoms with E-state index in [0.29, 0.717) is 11.5 Å². The molecule has 8 heteroatoms. The highest BCUT2D eigenvalue weighted by Crippen LogP contribution is 2.46. The molecule has 5 heterocycles. The number of carbonyl (C=O) groups is 1. The number of fused-ring (bicyclic) bond motifs is 1. The maximum atomic E-state index is 9.93. The molecule has 1 aliphatic carbocycles. The zero-order chi connectivity index (χ0) is 23.5. The molecule has 3 fully saturated rings. The third kappa shape index (κ3) is 4.60. The zero-order valence-corrected chi connectivity index (χ0v) is 19.7. The molecule has 3 aliphatic rings. The molecule has 176 valence electrons. The standard InChI is InChI=1S/C21H22N6.C5H9NO/c1-14-5-8-26(9-6-14)21-20-17(16-2-3-16)11-19(27(20)25-13-24-21)18-10-15(12-22)4-7-23-18;7-5-6-3-1-2-4-6/h4,7,10-11,13-14,16H,2-3,5-6,8-9H2,1H3;5H,1-4H2. The van der Waals surface area contributed by atoms with Crippen molar-refractivity contribution in [2.45, 2.75) is 51.4 Å². The third-order valence-electron chi connectivity index (χ3n) is 7.11. The van der Waals surface area contributed by atoms with E-state index in [9.17, 15) is 10.1 Å². The van der Waals surface area contributed by atoms with Crippen LogP contribution in [0.15, 0.2) is 30.7 Å². The van der Waals surface area contributed by atoms with Crippen molar-refractivity contribution >= 4 is 17.7 Å². The minimum absolute atomic E-state index is 0.585. The van der Waals surface area contributed by atoms with Crippen molar-refractivity contribution in [2.24, 2.45) is 5.92 Å². The summed E-state index contributed by atoms with van der Waals surface area (Å²) in [5, 5.41) is 13.8. The van der Waals surface area contributed by atoms with Crippen LogP contribution in [0.1, 0.15) is 62.5 Å². The van der Waals surface area contributed by atoms with Crippen molar-refractivity contribution in [2.75, 3.05) is 31.1 Å². The van der Waals surface area contributed by atoms with Gasteiger partial charge >= 0.3 is 0 Å². The fraction of sp³-hybridized carbons (Fsp3) is 0.500. The van der Waals surface area contributed by atoms with Gasteiger partial charge in [0.1, 0.15) is 11.8 Å². The van der Waals surface area contributed by atoms with Crippen LogP contribution in [-0.4, -0.2) is 57.1 Å². The second kappa shape index (κ2) is 9.80. The van der Waals surface area contributed by atoms with Gasteiger partial charge in [-0.1, -0.05) is 6.92 Å². The van der Waals surface area contributed by atoms with Crippen LogP contribution in [-0.2, 0) is 4.79 Å². The van der Waals surface area contributed by atoms with Crippen LogP contribution in [0.3, 0.4) is 0 Å². The summed E-state index contributed by atoms with van der Waals surface area (Å²) >= 11 is 0. The number of amides is 1. The molecule has 2 saturated heterocycles. The van der Waals surface area contributed by atoms with Crippen LogP contribution in [0.2, 0.25) is 0 Å². The normalized spacial score (nSPS) is 18.5. The van der Waals surface area contributed by atoms with E-state index in [0.717, 1.165) is 61.2 Å². The number of rotatable bonds is 4. The number of carbonyl (C=O) groups excluding carboxylic acids is 1. The number of aromatic nitrogens is 4. The highest BCUT2D eigenvalue weighted by molar-refractivity contribution is 5.80. The lowest BCUT2D eigenvalue weighted by Gasteiger charge is -2.31. The first-order valence-electron chi connectivity index (χ1n) is 12.4. The highest BCUT2D eigenvalue weighted by atomic mass is 16.1. The quantitative estimate of drug-likeness (QED) is 0.550. The first-order valence-corrected chi connectivity index (χ1v) is 12.4. The van der Waals surface area contributed by atoms with Crippen molar-refractivity contribution < 1.29 is 4.79 Å². The predicted molar refractivity (Wildman–Crippen MR) is 130 cm³/mol. The van der Waals surface area contributed by atoms with Gasteiger partial charge in [-0.25, -0.2) is 9.50 Å². The van der Waals surface area contributed by atoms with E-state index in [4.69, 9.17) is 0 Å². The molecule has 0 N–H and O–H groups in total. The molecule has 0 spiro atoms. The molecule has 1 saturated carbocycles. The van der Waals surface area contributed by atoms with Gasteiger partial charge in [0.25, 0.3) is 0 Å². The number of nitrogens with zero attached hydrogens (tertiary/aromatic N) is 7. The van der Waals surface area contributed by atoms with Gasteiger partial charge in [0, 0.05) is 32.4 Å². The maximum absolute atomic E-state index is 9.93. The van der Waals surface area contributed by atoms with Gasteiger partial charge in [-0.15, -0.1) is 0 Å². The first-order chi connectivity index (χ1) is 16.7. The minimum Gasteiger partial charge on any atom is -0.355 e. The lowest BCUT2D eigenvalue weighted by Crippen LogP contribution is -2.33. The van der Waals surface area contributed by atoms with Gasteiger partial charge in [0.2, 0.25) is 6.41 Å². The molecule has 0 unspecified atom stereocenters. The smallest absolute Gasteiger partial charge is 0.209 e. The summed E-state index contributed by atoms with van der Waals surface area (Å²) in [4.78, 5) is 23.3. The Bertz CT molecular complexity index is 1200. The topological polar surface area (TPSA) is 90.4 Å². The van der Waals surface area contributed by atoms with Crippen molar-refractivity contribution in [1.29, 1.82) is 5.26 Å². The highest BCUT2D eigenvalue weighted by Gasteiger charge is 2.31. The average molecular weight is 458 g/mol. The Morgan fingerprint density at radius 3 is 2.47 bits per heavy atom. The fourth-order valence-electron chi connectivity index (χ4n) is 4.88. The summed E-state index contributed by atoms with van der Waals surface area (Å²) in [6.45, 7) is 6.36. The summed E-state index contributed by atoms with van der Waals surface area (Å²) in [5.74, 6) is 2.41. The molecule has 8 nitrogen and oxygen atoms in total. The van der Waals surface area contributed by atoms with Gasteiger partial charge < -0.3 is 9.80 Å². The van der Waals surface area contributed by atoms with Gasteiger partial charge in [-0.2, -0.15) is 10.4 Å². The molecule has 0 bridgehead atoms. The van der Waals surface area contributed by atoms with E-state index in [1.807, 2.05) is 10.6 Å². The molecule has 1 amide bonds. The molecule has 0 aromatic carbocycles. The fourth-order valence-corrected chi connectivity index (χ4v) is 4.88. The van der Waals surface area contributed by atoms with Crippen LogP contribution < -0.4 is 4.90 Å². The average Bonchev–Trinajstić information content (AvgIpc) is 3.43. The molecule has 0 radical (unpaired) electrons. The Morgan fingerprint density at radius 2 is 1.82 bits per heavy atom. The number of anilines is 1. The SMILES string of the molecule is CC1CCN(c2ncnn3c(-c4cc(C#N)ccn4)cc(C4CC4)c23)CC1.O=CN1CCCC1. The Balaban J connectivity index is 0.000000297. The van der Waals surface area contributed by atoms with Crippen molar-refractivity contribution in [3.05, 3.63) is 41.9 Å². The summed E-state index contributed by atoms with van der Waals surface area (Å²) in [5.41, 5.74) is 4.78. The van der Waals surface area contributed by atoms with Crippen LogP contribution in [0.4, 0.5) is 5.82 Å². The Labute approximate surface area is 200 Å². The third-order valence-corrected chi connectivity index (χ3v) is 7.11. The van der Waals surface area contributed by atoms with E-state index < -0.39 is 0 Å². The summed E-state index contributed by atoms with van der Waals surface area (Å²) in [6.07, 6.45) is 11.5. The van der Waals surface area contributed by atoms with Gasteiger partial charge in [0.05, 0.1) is 23.0 Å². The largest absolute Gasteiger partial charge is 0.355 e. The number of piperidine rings is 1. The van der Waals surface area contributed by atoms with E-state index in [-0.39, 0.29) is 0 Å². The Hall–Kier alpha value is -3.47. The summed E-state index contributed by atoms with van der Waals surface area (Å²) in [6, 6.07) is 7.98. The minimum atomic E-state index is 0.585. The lowest BCUT2D eigenvalue weighted by atomic mass is 9.99. The second-order valence-electron chi connectivity index (χ2n) is 9.66. The monoisotopic (exact) mass is 457 g/mol. The maximum Gasteiger partial charge on any atom is 0.209 e. The van der Waals surface area contributed by atoms with Crippen LogP contribution in [0, 0.1) is 17.2 Å². The lowest BCUT2D eigenvalue weighted by molar-refractivity contribution is -0.117. The van der Waals surface area contributed by atoms with Crippen molar-refractivity contribution in [1.82, 2.24) is 24.5 Å². The van der Waals surface area contributed by atoms with Crippen molar-refractivity contribution in [3.63, 3.8) is 0 Å². The Morgan fingerprint density at radius 1 is 1.06 bits per heavy atom. The van der Waals surface area contributed by atoms with E-state index in [2.05, 4.69) is 39.0 Å². The number of hydrogen-bond donors (Lipinski definition) is 0. The first kappa shape index (κ1) is 22.3. The van der Waals surface area contributed by atoms with Gasteiger partial charge in [0.15, 0.2) is 5.82 Å². The molecular formula is C26H31N7O. The molecule has 34 heavy (non-hydrogen) atoms. The van der Waals surface area contributed by atoms with Crippen LogP contribution in [0.25, 0.3) is 16.9 Å². The molecule has 6 rings (SSSR count). The molecule has 2 aliphatic heterocycles. The van der Waals surface area contributed by atoms with E-state index >= 15 is 0 Å². The molecule has 3 aromatic heterocycles. The number of nitriles is 1. The number of pyridine rings is 1. The Kier molecular flexibility index (Phi) is 6.43. The second-order valence-corrected chi connectivity index (χ2v) is 9.66. The van der Waals surface area contributed by atoms with Gasteiger partial charge in [-0.05, 0) is 74.1 Å². The van der Waals surface area contributed by atoms with E-state index in [1.165, 1.54) is 44.1 Å². The van der Waals surface area contributed by atoms with Crippen LogP contribution >= 0.6 is 0 Å². The number of hydrogen-bond acceptors (Lipinski definition) is 6. The summed E-state index contributed by atoms with van der Waals surface area (Å²) < 4.78 is 1.98. The number of likely N-dealkylation sites (tertiary alicyclic amines) is 1.